The predicted molar refractivity (Wildman–Crippen MR) is 88.7 cm³/mol. The fourth-order valence-corrected chi connectivity index (χ4v) is 2.64. The van der Waals surface area contributed by atoms with Gasteiger partial charge in [-0.1, -0.05) is 30.3 Å². The van der Waals surface area contributed by atoms with E-state index in [1.807, 2.05) is 35.4 Å². The molecule has 0 atom stereocenters. The highest BCUT2D eigenvalue weighted by atomic mass is 16.1. The van der Waals surface area contributed by atoms with E-state index < -0.39 is 0 Å². The first-order valence-corrected chi connectivity index (χ1v) is 7.19. The zero-order chi connectivity index (χ0) is 15.6. The second kappa shape index (κ2) is 5.49. The second-order valence-corrected chi connectivity index (χ2v) is 5.13. The molecule has 3 heterocycles. The van der Waals surface area contributed by atoms with Crippen molar-refractivity contribution >= 4 is 28.7 Å². The van der Waals surface area contributed by atoms with Crippen LogP contribution in [0.2, 0.25) is 0 Å². The maximum absolute atomic E-state index is 12.9. The van der Waals surface area contributed by atoms with Gasteiger partial charge < -0.3 is 4.90 Å². The lowest BCUT2D eigenvalue weighted by molar-refractivity contribution is 0.103. The van der Waals surface area contributed by atoms with Crippen LogP contribution in [-0.4, -0.2) is 33.8 Å². The van der Waals surface area contributed by atoms with Gasteiger partial charge in [-0.3, -0.25) is 14.9 Å². The molecule has 2 aromatic heterocycles. The highest BCUT2D eigenvalue weighted by Gasteiger charge is 2.21. The van der Waals surface area contributed by atoms with Crippen molar-refractivity contribution in [1.29, 1.82) is 0 Å². The minimum atomic E-state index is -0.0702. The fourth-order valence-electron chi connectivity index (χ4n) is 2.64. The summed E-state index contributed by atoms with van der Waals surface area (Å²) >= 11 is 0. The number of fused-ring (bicyclic) bond motifs is 1. The van der Waals surface area contributed by atoms with Crippen LogP contribution in [0.4, 0.5) is 5.69 Å². The number of rotatable bonds is 3. The molecule has 1 aliphatic rings. The number of allylic oxidation sites excluding steroid dienone is 1. The third kappa shape index (κ3) is 2.30. The maximum Gasteiger partial charge on any atom is 0.196 e. The van der Waals surface area contributed by atoms with E-state index in [1.165, 1.54) is 0 Å². The Morgan fingerprint density at radius 3 is 2.83 bits per heavy atom. The normalized spacial score (nSPS) is 13.7. The third-order valence-corrected chi connectivity index (χ3v) is 3.71. The van der Waals surface area contributed by atoms with Gasteiger partial charge in [0, 0.05) is 24.2 Å². The van der Waals surface area contributed by atoms with Gasteiger partial charge in [0.25, 0.3) is 0 Å². The SMILES string of the molecule is O=C(c1ccccc1)c1cnc2[nH]ncc2c1N1C=CC=NC1. The summed E-state index contributed by atoms with van der Waals surface area (Å²) in [4.78, 5) is 23.4. The number of nitrogens with one attached hydrogen (secondary N) is 1. The largest absolute Gasteiger partial charge is 0.327 e. The number of hydrogen-bond donors (Lipinski definition) is 1. The number of H-pyrrole nitrogens is 1. The Labute approximate surface area is 132 Å². The van der Waals surface area contributed by atoms with Crippen LogP contribution in [0.25, 0.3) is 11.0 Å². The van der Waals surface area contributed by atoms with Crippen LogP contribution in [0.3, 0.4) is 0 Å². The van der Waals surface area contributed by atoms with Gasteiger partial charge in [0.05, 0.1) is 22.8 Å². The highest BCUT2D eigenvalue weighted by Crippen LogP contribution is 2.31. The Balaban J connectivity index is 1.90. The minimum Gasteiger partial charge on any atom is -0.327 e. The van der Waals surface area contributed by atoms with E-state index in [0.717, 1.165) is 11.1 Å². The number of pyridine rings is 1. The second-order valence-electron chi connectivity index (χ2n) is 5.13. The van der Waals surface area contributed by atoms with Crippen molar-refractivity contribution in [3.8, 4) is 0 Å². The number of anilines is 1. The lowest BCUT2D eigenvalue weighted by atomic mass is 10.0. The van der Waals surface area contributed by atoms with E-state index >= 15 is 0 Å². The van der Waals surface area contributed by atoms with Gasteiger partial charge in [0.1, 0.15) is 6.67 Å². The molecule has 6 nitrogen and oxygen atoms in total. The number of aromatic nitrogens is 3. The van der Waals surface area contributed by atoms with E-state index in [4.69, 9.17) is 0 Å². The van der Waals surface area contributed by atoms with E-state index in [0.29, 0.717) is 23.4 Å². The van der Waals surface area contributed by atoms with Crippen molar-refractivity contribution in [3.05, 3.63) is 66.1 Å². The summed E-state index contributed by atoms with van der Waals surface area (Å²) < 4.78 is 0. The van der Waals surface area contributed by atoms with Crippen molar-refractivity contribution in [1.82, 2.24) is 15.2 Å². The van der Waals surface area contributed by atoms with Gasteiger partial charge in [-0.2, -0.15) is 5.10 Å². The lowest BCUT2D eigenvalue weighted by Crippen LogP contribution is -2.21. The first-order valence-electron chi connectivity index (χ1n) is 7.19. The van der Waals surface area contributed by atoms with Gasteiger partial charge in [-0.15, -0.1) is 0 Å². The standard InChI is InChI=1S/C17H13N5O/c23-16(12-5-2-1-3-6-12)13-9-19-17-14(10-20-21-17)15(13)22-8-4-7-18-11-22/h1-10H,11H2,(H,19,20,21). The van der Waals surface area contributed by atoms with Crippen LogP contribution in [-0.2, 0) is 0 Å². The van der Waals surface area contributed by atoms with E-state index in [1.54, 1.807) is 30.7 Å². The topological polar surface area (TPSA) is 74.2 Å². The number of aliphatic imine (C=N–C) groups is 1. The van der Waals surface area contributed by atoms with Crippen LogP contribution in [0.5, 0.6) is 0 Å². The van der Waals surface area contributed by atoms with Gasteiger partial charge in [0.15, 0.2) is 11.4 Å². The Morgan fingerprint density at radius 1 is 1.17 bits per heavy atom. The molecule has 0 amide bonds. The molecule has 3 aromatic rings. The first-order chi connectivity index (χ1) is 11.3. The maximum atomic E-state index is 12.9. The molecule has 6 heteroatoms. The summed E-state index contributed by atoms with van der Waals surface area (Å²) in [5, 5.41) is 7.68. The fraction of sp³-hybridized carbons (Fsp3) is 0.0588. The van der Waals surface area contributed by atoms with Crippen molar-refractivity contribution in [2.45, 2.75) is 0 Å². The van der Waals surface area contributed by atoms with E-state index in [-0.39, 0.29) is 5.78 Å². The van der Waals surface area contributed by atoms with Gasteiger partial charge in [-0.25, -0.2) is 4.98 Å². The van der Waals surface area contributed by atoms with Gasteiger partial charge in [-0.05, 0) is 6.08 Å². The minimum absolute atomic E-state index is 0.0702. The average molecular weight is 303 g/mol. The smallest absolute Gasteiger partial charge is 0.196 e. The molecule has 0 spiro atoms. The molecular formula is C17H13N5O. The third-order valence-electron chi connectivity index (χ3n) is 3.71. The summed E-state index contributed by atoms with van der Waals surface area (Å²) in [7, 11) is 0. The Morgan fingerprint density at radius 2 is 2.04 bits per heavy atom. The number of hydrogen-bond acceptors (Lipinski definition) is 5. The number of nitrogens with zero attached hydrogens (tertiary/aromatic N) is 4. The molecule has 4 rings (SSSR count). The van der Waals surface area contributed by atoms with Crippen molar-refractivity contribution in [2.24, 2.45) is 4.99 Å². The molecule has 0 saturated heterocycles. The van der Waals surface area contributed by atoms with Crippen LogP contribution in [0, 0.1) is 0 Å². The zero-order valence-electron chi connectivity index (χ0n) is 12.2. The average Bonchev–Trinajstić information content (AvgIpc) is 3.10. The van der Waals surface area contributed by atoms with Crippen molar-refractivity contribution in [2.75, 3.05) is 11.6 Å². The Bertz CT molecular complexity index is 927. The summed E-state index contributed by atoms with van der Waals surface area (Å²) in [6.45, 7) is 0.454. The first kappa shape index (κ1) is 13.4. The molecule has 0 aliphatic carbocycles. The van der Waals surface area contributed by atoms with Crippen LogP contribution < -0.4 is 4.90 Å². The summed E-state index contributed by atoms with van der Waals surface area (Å²) in [5.74, 6) is -0.0702. The molecule has 1 aromatic carbocycles. The number of benzene rings is 1. The van der Waals surface area contributed by atoms with Crippen LogP contribution >= 0.6 is 0 Å². The molecule has 23 heavy (non-hydrogen) atoms. The van der Waals surface area contributed by atoms with Crippen LogP contribution in [0.15, 0.2) is 60.0 Å². The zero-order valence-corrected chi connectivity index (χ0v) is 12.2. The predicted octanol–water partition coefficient (Wildman–Crippen LogP) is 2.55. The number of carbonyl (C=O) groups excluding carboxylic acids is 1. The summed E-state index contributed by atoms with van der Waals surface area (Å²) in [6.07, 6.45) is 8.76. The molecule has 0 unspecified atom stereocenters. The molecule has 0 fully saturated rings. The van der Waals surface area contributed by atoms with Gasteiger partial charge >= 0.3 is 0 Å². The lowest BCUT2D eigenvalue weighted by Gasteiger charge is -2.23. The van der Waals surface area contributed by atoms with E-state index in [9.17, 15) is 4.79 Å². The highest BCUT2D eigenvalue weighted by molar-refractivity contribution is 6.15. The number of ketones is 1. The molecule has 0 saturated carbocycles. The molecule has 0 bridgehead atoms. The quantitative estimate of drug-likeness (QED) is 0.755. The molecular weight excluding hydrogens is 290 g/mol. The summed E-state index contributed by atoms with van der Waals surface area (Å²) in [5.41, 5.74) is 2.58. The van der Waals surface area contributed by atoms with E-state index in [2.05, 4.69) is 20.2 Å². The van der Waals surface area contributed by atoms with Crippen LogP contribution in [0.1, 0.15) is 15.9 Å². The monoisotopic (exact) mass is 303 g/mol. The molecule has 1 aliphatic heterocycles. The molecule has 0 radical (unpaired) electrons. The number of carbonyl (C=O) groups is 1. The summed E-state index contributed by atoms with van der Waals surface area (Å²) in [6, 6.07) is 9.19. The Kier molecular flexibility index (Phi) is 3.20. The molecule has 1 N–H and O–H groups in total. The van der Waals surface area contributed by atoms with Crippen molar-refractivity contribution in [3.63, 3.8) is 0 Å². The number of aromatic amines is 1. The Hall–Kier alpha value is -3.28. The van der Waals surface area contributed by atoms with Gasteiger partial charge in [0.2, 0.25) is 0 Å². The van der Waals surface area contributed by atoms with Crippen molar-refractivity contribution < 1.29 is 4.79 Å². The molecule has 112 valence electrons.